The Kier molecular flexibility index (Phi) is 7.15. The third kappa shape index (κ3) is 5.37. The largest absolute Gasteiger partial charge is 0.354 e. The van der Waals surface area contributed by atoms with Gasteiger partial charge in [-0.15, -0.1) is 0 Å². The number of rotatable bonds is 5. The van der Waals surface area contributed by atoms with Crippen molar-refractivity contribution in [3.05, 3.63) is 59.3 Å². The fourth-order valence-electron chi connectivity index (χ4n) is 3.92. The second-order valence-corrected chi connectivity index (χ2v) is 9.97. The first-order valence-corrected chi connectivity index (χ1v) is 12.1. The van der Waals surface area contributed by atoms with Gasteiger partial charge < -0.3 is 10.2 Å². The van der Waals surface area contributed by atoms with Crippen molar-refractivity contribution in [3.63, 3.8) is 0 Å². The minimum atomic E-state index is -3.70. The van der Waals surface area contributed by atoms with Gasteiger partial charge in [0.15, 0.2) is 5.83 Å². The summed E-state index contributed by atoms with van der Waals surface area (Å²) in [7, 11) is -2.22. The van der Waals surface area contributed by atoms with Crippen LogP contribution in [0.15, 0.2) is 42.9 Å². The number of aromatic nitrogens is 2. The van der Waals surface area contributed by atoms with Gasteiger partial charge in [0.05, 0.1) is 18.0 Å². The molecular weight excluding hydrogens is 473 g/mol. The molecule has 0 aliphatic carbocycles. The van der Waals surface area contributed by atoms with E-state index >= 15 is 0 Å². The summed E-state index contributed by atoms with van der Waals surface area (Å²) in [5.74, 6) is -2.41. The zero-order chi connectivity index (χ0) is 24.5. The van der Waals surface area contributed by atoms with E-state index in [1.54, 1.807) is 19.1 Å². The van der Waals surface area contributed by atoms with Crippen molar-refractivity contribution in [2.24, 2.45) is 0 Å². The first-order valence-electron chi connectivity index (χ1n) is 9.90. The van der Waals surface area contributed by atoms with Crippen LogP contribution in [0.4, 0.5) is 4.39 Å². The van der Waals surface area contributed by atoms with Crippen LogP contribution < -0.4 is 5.32 Å². The molecule has 0 unspecified atom stereocenters. The SMILES string of the molecule is C=C(F)C(=O)N1C[C@H](C)N(S(C)(=O)=O)[C@H](c2cc(Cl)nc(-c3ccnc(C(=O)NC)c3)c2)C1. The molecule has 1 saturated heterocycles. The molecule has 3 rings (SSSR count). The molecule has 0 aromatic carbocycles. The molecule has 2 aromatic heterocycles. The van der Waals surface area contributed by atoms with Crippen LogP contribution in [-0.2, 0) is 14.8 Å². The quantitative estimate of drug-likeness (QED) is 0.502. The highest BCUT2D eigenvalue weighted by atomic mass is 35.5. The zero-order valence-corrected chi connectivity index (χ0v) is 19.8. The second-order valence-electron chi connectivity index (χ2n) is 7.69. The van der Waals surface area contributed by atoms with Crippen molar-refractivity contribution in [2.45, 2.75) is 19.0 Å². The lowest BCUT2D eigenvalue weighted by Gasteiger charge is -2.44. The van der Waals surface area contributed by atoms with Crippen molar-refractivity contribution in [1.82, 2.24) is 24.5 Å². The molecule has 2 atom stereocenters. The number of pyridine rings is 2. The van der Waals surface area contributed by atoms with E-state index in [-0.39, 0.29) is 29.8 Å². The summed E-state index contributed by atoms with van der Waals surface area (Å²) in [5, 5.41) is 2.57. The average Bonchev–Trinajstić information content (AvgIpc) is 2.76. The van der Waals surface area contributed by atoms with E-state index in [4.69, 9.17) is 11.6 Å². The number of hydrogen-bond acceptors (Lipinski definition) is 6. The summed E-state index contributed by atoms with van der Waals surface area (Å²) in [6.45, 7) is 4.61. The van der Waals surface area contributed by atoms with Crippen LogP contribution in [-0.4, -0.2) is 71.8 Å². The topological polar surface area (TPSA) is 113 Å². The Hall–Kier alpha value is -2.89. The van der Waals surface area contributed by atoms with Gasteiger partial charge in [-0.1, -0.05) is 18.2 Å². The van der Waals surface area contributed by atoms with Crippen LogP contribution in [0, 0.1) is 0 Å². The molecule has 2 amide bonds. The Labute approximate surface area is 196 Å². The third-order valence-electron chi connectivity index (χ3n) is 5.24. The molecule has 1 N–H and O–H groups in total. The highest BCUT2D eigenvalue weighted by Gasteiger charge is 2.40. The minimum absolute atomic E-state index is 0.0108. The lowest BCUT2D eigenvalue weighted by molar-refractivity contribution is -0.131. The van der Waals surface area contributed by atoms with E-state index in [9.17, 15) is 22.4 Å². The number of sulfonamides is 1. The fourth-order valence-corrected chi connectivity index (χ4v) is 5.51. The van der Waals surface area contributed by atoms with E-state index in [0.717, 1.165) is 6.26 Å². The van der Waals surface area contributed by atoms with Crippen molar-refractivity contribution in [3.8, 4) is 11.3 Å². The van der Waals surface area contributed by atoms with E-state index < -0.39 is 33.8 Å². The van der Waals surface area contributed by atoms with E-state index in [2.05, 4.69) is 21.9 Å². The Balaban J connectivity index is 2.10. The van der Waals surface area contributed by atoms with Crippen molar-refractivity contribution >= 4 is 33.4 Å². The molecular formula is C21H23ClFN5O4S. The van der Waals surface area contributed by atoms with Gasteiger partial charge in [0.1, 0.15) is 10.8 Å². The number of halogens is 2. The Morgan fingerprint density at radius 1 is 1.27 bits per heavy atom. The summed E-state index contributed by atoms with van der Waals surface area (Å²) < 4.78 is 40.1. The van der Waals surface area contributed by atoms with Gasteiger partial charge in [-0.2, -0.15) is 4.31 Å². The van der Waals surface area contributed by atoms with Gasteiger partial charge in [0, 0.05) is 37.9 Å². The molecule has 0 radical (unpaired) electrons. The Morgan fingerprint density at radius 3 is 2.58 bits per heavy atom. The molecule has 12 heteroatoms. The van der Waals surface area contributed by atoms with Crippen molar-refractivity contribution in [1.29, 1.82) is 0 Å². The number of nitrogens with zero attached hydrogens (tertiary/aromatic N) is 4. The highest BCUT2D eigenvalue weighted by molar-refractivity contribution is 7.88. The maximum Gasteiger partial charge on any atom is 0.282 e. The molecule has 9 nitrogen and oxygen atoms in total. The molecule has 1 aliphatic rings. The van der Waals surface area contributed by atoms with Crippen LogP contribution in [0.5, 0.6) is 0 Å². The number of carbonyl (C=O) groups is 2. The van der Waals surface area contributed by atoms with Gasteiger partial charge in [0.25, 0.3) is 11.8 Å². The van der Waals surface area contributed by atoms with E-state index in [1.165, 1.54) is 34.6 Å². The molecule has 0 bridgehead atoms. The average molecular weight is 496 g/mol. The normalized spacial score (nSPS) is 19.2. The number of piperazine rings is 1. The predicted molar refractivity (Wildman–Crippen MR) is 122 cm³/mol. The summed E-state index contributed by atoms with van der Waals surface area (Å²) in [6.07, 6.45) is 2.52. The molecule has 0 spiro atoms. The van der Waals surface area contributed by atoms with E-state index in [1.807, 2.05) is 0 Å². The number of nitrogens with one attached hydrogen (secondary N) is 1. The predicted octanol–water partition coefficient (Wildman–Crippen LogP) is 2.17. The summed E-state index contributed by atoms with van der Waals surface area (Å²) in [4.78, 5) is 33.8. The summed E-state index contributed by atoms with van der Waals surface area (Å²) >= 11 is 6.27. The molecule has 0 saturated carbocycles. The highest BCUT2D eigenvalue weighted by Crippen LogP contribution is 2.34. The first kappa shape index (κ1) is 24.7. The van der Waals surface area contributed by atoms with Gasteiger partial charge in [-0.05, 0) is 36.8 Å². The molecule has 2 aromatic rings. The smallest absolute Gasteiger partial charge is 0.282 e. The van der Waals surface area contributed by atoms with Gasteiger partial charge >= 0.3 is 0 Å². The maximum atomic E-state index is 13.6. The molecule has 33 heavy (non-hydrogen) atoms. The third-order valence-corrected chi connectivity index (χ3v) is 6.81. The van der Waals surface area contributed by atoms with Crippen LogP contribution in [0.3, 0.4) is 0 Å². The fraction of sp³-hybridized carbons (Fsp3) is 0.333. The van der Waals surface area contributed by atoms with Crippen LogP contribution in [0.25, 0.3) is 11.3 Å². The zero-order valence-electron chi connectivity index (χ0n) is 18.2. The minimum Gasteiger partial charge on any atom is -0.354 e. The van der Waals surface area contributed by atoms with Gasteiger partial charge in [0.2, 0.25) is 10.0 Å². The molecule has 1 aliphatic heterocycles. The monoisotopic (exact) mass is 495 g/mol. The summed E-state index contributed by atoms with van der Waals surface area (Å²) in [6, 6.07) is 4.82. The van der Waals surface area contributed by atoms with Crippen molar-refractivity contribution < 1.29 is 22.4 Å². The van der Waals surface area contributed by atoms with E-state index in [0.29, 0.717) is 16.8 Å². The van der Waals surface area contributed by atoms with Crippen LogP contribution >= 0.6 is 11.6 Å². The number of carbonyl (C=O) groups excluding carboxylic acids is 2. The number of amides is 2. The van der Waals surface area contributed by atoms with Gasteiger partial charge in [-0.25, -0.2) is 17.8 Å². The van der Waals surface area contributed by atoms with Crippen LogP contribution in [0.2, 0.25) is 5.15 Å². The summed E-state index contributed by atoms with van der Waals surface area (Å²) in [5.41, 5.74) is 1.54. The Morgan fingerprint density at radius 2 is 1.97 bits per heavy atom. The second kappa shape index (κ2) is 9.54. The first-order chi connectivity index (χ1) is 15.4. The van der Waals surface area contributed by atoms with Gasteiger partial charge in [-0.3, -0.25) is 14.6 Å². The number of hydrogen-bond donors (Lipinski definition) is 1. The van der Waals surface area contributed by atoms with Crippen LogP contribution in [0.1, 0.15) is 29.0 Å². The standard InChI is InChI=1S/C21H23ClFN5O4S/c1-12-10-27(21(30)13(2)23)11-18(28(12)33(4,31)32)15-8-16(26-19(22)9-15)14-5-6-25-17(7-14)20(29)24-3/h5-9,12,18H,2,10-11H2,1,3-4H3,(H,24,29)/t12-,18-/m0/s1. The maximum absolute atomic E-state index is 13.6. The lowest BCUT2D eigenvalue weighted by atomic mass is 10.0. The molecule has 3 heterocycles. The lowest BCUT2D eigenvalue weighted by Crippen LogP contribution is -2.56. The molecule has 1 fully saturated rings. The molecule has 176 valence electrons. The van der Waals surface area contributed by atoms with Crippen molar-refractivity contribution in [2.75, 3.05) is 26.4 Å². The Bertz CT molecular complexity index is 1220.